The van der Waals surface area contributed by atoms with Crippen LogP contribution in [-0.2, 0) is 6.54 Å². The second-order valence-corrected chi connectivity index (χ2v) is 6.25. The van der Waals surface area contributed by atoms with Crippen molar-refractivity contribution in [2.24, 2.45) is 0 Å². The van der Waals surface area contributed by atoms with Crippen LogP contribution < -0.4 is 5.32 Å². The van der Waals surface area contributed by atoms with E-state index in [4.69, 9.17) is 4.42 Å². The summed E-state index contributed by atoms with van der Waals surface area (Å²) >= 11 is 0. The first-order valence-electron chi connectivity index (χ1n) is 8.12. The second kappa shape index (κ2) is 7.04. The van der Waals surface area contributed by atoms with E-state index in [-0.39, 0.29) is 12.0 Å². The highest BCUT2D eigenvalue weighted by atomic mass is 16.6. The Labute approximate surface area is 146 Å². The lowest BCUT2D eigenvalue weighted by atomic mass is 10.0. The van der Waals surface area contributed by atoms with Gasteiger partial charge in [-0.05, 0) is 38.2 Å². The van der Waals surface area contributed by atoms with Crippen LogP contribution in [0.5, 0.6) is 0 Å². The minimum Gasteiger partial charge on any atom is -0.400 e. The number of nitrogens with one attached hydrogen (secondary N) is 1. The lowest BCUT2D eigenvalue weighted by molar-refractivity contribution is -0.400. The number of rotatable bonds is 6. The summed E-state index contributed by atoms with van der Waals surface area (Å²) in [5.41, 5.74) is 2.95. The third-order valence-corrected chi connectivity index (χ3v) is 4.36. The molecule has 0 aliphatic heterocycles. The number of hydrogen-bond acceptors (Lipinski definition) is 5. The maximum Gasteiger partial charge on any atom is 0.442 e. The van der Waals surface area contributed by atoms with E-state index in [2.05, 4.69) is 17.1 Å². The highest BCUT2D eigenvalue weighted by Gasteiger charge is 2.24. The Hall–Kier alpha value is -2.70. The molecule has 0 spiro atoms. The van der Waals surface area contributed by atoms with Crippen molar-refractivity contribution >= 4 is 16.9 Å². The number of para-hydroxylation sites is 1. The van der Waals surface area contributed by atoms with E-state index in [1.54, 1.807) is 12.1 Å². The molecule has 0 saturated carbocycles. The molecule has 0 amide bonds. The highest BCUT2D eigenvalue weighted by molar-refractivity contribution is 5.98. The molecule has 130 valence electrons. The summed E-state index contributed by atoms with van der Waals surface area (Å²) in [6.45, 7) is 2.82. The van der Waals surface area contributed by atoms with Crippen LogP contribution in [0.25, 0.3) is 22.1 Å². The van der Waals surface area contributed by atoms with Crippen LogP contribution in [0.4, 0.5) is 5.88 Å². The molecule has 1 aromatic heterocycles. The number of benzene rings is 2. The Morgan fingerprint density at radius 3 is 2.48 bits per heavy atom. The third kappa shape index (κ3) is 3.55. The van der Waals surface area contributed by atoms with Crippen LogP contribution in [0.1, 0.15) is 12.5 Å². The molecule has 1 atom stereocenters. The zero-order valence-corrected chi connectivity index (χ0v) is 14.5. The molecule has 3 rings (SSSR count). The first-order valence-corrected chi connectivity index (χ1v) is 8.12. The molecular formula is C19H21N3O3. The van der Waals surface area contributed by atoms with Gasteiger partial charge < -0.3 is 4.42 Å². The Kier molecular flexibility index (Phi) is 4.83. The summed E-state index contributed by atoms with van der Waals surface area (Å²) in [5.74, 6) is -0.215. The van der Waals surface area contributed by atoms with Crippen molar-refractivity contribution in [3.63, 3.8) is 0 Å². The van der Waals surface area contributed by atoms with Crippen molar-refractivity contribution < 1.29 is 9.34 Å². The van der Waals surface area contributed by atoms with E-state index in [0.29, 0.717) is 11.1 Å². The Balaban J connectivity index is 1.91. The predicted octanol–water partition coefficient (Wildman–Crippen LogP) is 4.01. The maximum atomic E-state index is 11.4. The van der Waals surface area contributed by atoms with Gasteiger partial charge in [0.1, 0.15) is 16.1 Å². The maximum absolute atomic E-state index is 11.4. The molecule has 1 heterocycles. The molecular weight excluding hydrogens is 318 g/mol. The molecule has 25 heavy (non-hydrogen) atoms. The van der Waals surface area contributed by atoms with Gasteiger partial charge in [0.2, 0.25) is 0 Å². The largest absolute Gasteiger partial charge is 0.442 e. The van der Waals surface area contributed by atoms with Gasteiger partial charge in [-0.3, -0.25) is 20.3 Å². The van der Waals surface area contributed by atoms with E-state index in [9.17, 15) is 10.1 Å². The van der Waals surface area contributed by atoms with E-state index in [0.717, 1.165) is 23.1 Å². The average molecular weight is 339 g/mol. The quantitative estimate of drug-likeness (QED) is 0.417. The van der Waals surface area contributed by atoms with Crippen LogP contribution in [-0.4, -0.2) is 30.1 Å². The van der Waals surface area contributed by atoms with Crippen molar-refractivity contribution in [2.45, 2.75) is 19.6 Å². The lowest BCUT2D eigenvalue weighted by Crippen LogP contribution is -2.38. The number of nitro groups is 1. The average Bonchev–Trinajstić information content (AvgIpc) is 3.00. The predicted molar refractivity (Wildman–Crippen MR) is 98.3 cm³/mol. The monoisotopic (exact) mass is 339 g/mol. The van der Waals surface area contributed by atoms with E-state index in [1.807, 2.05) is 50.5 Å². The second-order valence-electron chi connectivity index (χ2n) is 6.25. The number of nitrogens with zero attached hydrogens (tertiary/aromatic N) is 2. The standard InChI is InChI=1S/C19H21N3O3/c1-13(21(2)3)20-12-14-8-10-15(11-9-14)18-16-6-4-5-7-17(16)25-19(18)22(23)24/h4-11,13,20H,12H2,1-3H3. The molecule has 2 aromatic carbocycles. The van der Waals surface area contributed by atoms with Crippen molar-refractivity contribution in [1.29, 1.82) is 0 Å². The van der Waals surface area contributed by atoms with Gasteiger partial charge in [-0.15, -0.1) is 0 Å². The zero-order chi connectivity index (χ0) is 18.0. The molecule has 1 unspecified atom stereocenters. The number of furan rings is 1. The number of hydrogen-bond donors (Lipinski definition) is 1. The van der Waals surface area contributed by atoms with Gasteiger partial charge in [0.05, 0.1) is 6.17 Å². The van der Waals surface area contributed by atoms with Crippen LogP contribution >= 0.6 is 0 Å². The molecule has 0 saturated heterocycles. The van der Waals surface area contributed by atoms with Crippen molar-refractivity contribution in [2.75, 3.05) is 14.1 Å². The molecule has 0 aliphatic carbocycles. The molecule has 1 N–H and O–H groups in total. The molecule has 6 heteroatoms. The first-order chi connectivity index (χ1) is 12.0. The fraction of sp³-hybridized carbons (Fsp3) is 0.263. The molecule has 3 aromatic rings. The molecule has 0 radical (unpaired) electrons. The summed E-state index contributed by atoms with van der Waals surface area (Å²) in [6, 6.07) is 15.0. The fourth-order valence-corrected chi connectivity index (χ4v) is 2.68. The van der Waals surface area contributed by atoms with Crippen LogP contribution in [0, 0.1) is 10.1 Å². The topological polar surface area (TPSA) is 71.5 Å². The van der Waals surface area contributed by atoms with Gasteiger partial charge in [0, 0.05) is 11.9 Å². The SMILES string of the molecule is CC(NCc1ccc(-c2c([N+](=O)[O-])oc3ccccc23)cc1)N(C)C. The lowest BCUT2D eigenvalue weighted by Gasteiger charge is -2.21. The minimum absolute atomic E-state index is 0.215. The van der Waals surface area contributed by atoms with Crippen molar-refractivity contribution in [1.82, 2.24) is 10.2 Å². The van der Waals surface area contributed by atoms with E-state index < -0.39 is 4.92 Å². The third-order valence-electron chi connectivity index (χ3n) is 4.36. The summed E-state index contributed by atoms with van der Waals surface area (Å²) < 4.78 is 5.43. The van der Waals surface area contributed by atoms with Crippen LogP contribution in [0.2, 0.25) is 0 Å². The smallest absolute Gasteiger partial charge is 0.400 e. The van der Waals surface area contributed by atoms with Gasteiger partial charge in [0.15, 0.2) is 0 Å². The molecule has 0 bridgehead atoms. The van der Waals surface area contributed by atoms with Gasteiger partial charge in [0.25, 0.3) is 0 Å². The van der Waals surface area contributed by atoms with Crippen molar-refractivity contribution in [3.05, 3.63) is 64.2 Å². The molecule has 6 nitrogen and oxygen atoms in total. The van der Waals surface area contributed by atoms with Gasteiger partial charge in [-0.25, -0.2) is 0 Å². The zero-order valence-electron chi connectivity index (χ0n) is 14.5. The summed E-state index contributed by atoms with van der Waals surface area (Å²) in [5, 5.41) is 15.5. The molecule has 0 aliphatic rings. The Bertz CT molecular complexity index is 885. The van der Waals surface area contributed by atoms with Crippen molar-refractivity contribution in [3.8, 4) is 11.1 Å². The summed E-state index contributed by atoms with van der Waals surface area (Å²) in [7, 11) is 4.04. The van der Waals surface area contributed by atoms with Crippen LogP contribution in [0.3, 0.4) is 0 Å². The molecule has 0 fully saturated rings. The Morgan fingerprint density at radius 2 is 1.84 bits per heavy atom. The summed E-state index contributed by atoms with van der Waals surface area (Å²) in [6.07, 6.45) is 0.263. The van der Waals surface area contributed by atoms with E-state index in [1.165, 1.54) is 0 Å². The summed E-state index contributed by atoms with van der Waals surface area (Å²) in [4.78, 5) is 13.0. The van der Waals surface area contributed by atoms with Gasteiger partial charge in [-0.2, -0.15) is 0 Å². The van der Waals surface area contributed by atoms with Crippen LogP contribution in [0.15, 0.2) is 52.9 Å². The normalized spacial score (nSPS) is 12.6. The van der Waals surface area contributed by atoms with Gasteiger partial charge >= 0.3 is 5.88 Å². The number of fused-ring (bicyclic) bond motifs is 1. The Morgan fingerprint density at radius 1 is 1.16 bits per heavy atom. The fourth-order valence-electron chi connectivity index (χ4n) is 2.68. The van der Waals surface area contributed by atoms with E-state index >= 15 is 0 Å². The highest BCUT2D eigenvalue weighted by Crippen LogP contribution is 2.39. The van der Waals surface area contributed by atoms with Gasteiger partial charge in [-0.1, -0.05) is 42.5 Å². The minimum atomic E-state index is -0.469. The first kappa shape index (κ1) is 17.1.